The third-order valence-electron chi connectivity index (χ3n) is 2.92. The summed E-state index contributed by atoms with van der Waals surface area (Å²) in [5.74, 6) is 0.415. The minimum Gasteiger partial charge on any atom is -0.350 e. The molecule has 1 N–H and O–H groups in total. The molecule has 13 heavy (non-hydrogen) atoms. The summed E-state index contributed by atoms with van der Waals surface area (Å²) < 4.78 is 0. The van der Waals surface area contributed by atoms with Crippen molar-refractivity contribution in [3.05, 3.63) is 0 Å². The fourth-order valence-electron chi connectivity index (χ4n) is 1.19. The molecule has 1 saturated carbocycles. The predicted octanol–water partition coefficient (Wildman–Crippen LogP) is 2.31. The van der Waals surface area contributed by atoms with E-state index in [2.05, 4.69) is 5.32 Å². The lowest BCUT2D eigenvalue weighted by Crippen LogP contribution is -2.51. The van der Waals surface area contributed by atoms with Crippen molar-refractivity contribution in [3.8, 4) is 0 Å². The first-order valence-electron chi connectivity index (χ1n) is 4.89. The average Bonchev–Trinajstić information content (AvgIpc) is 1.80. The molecular weight excluding hydrogens is 186 g/mol. The van der Waals surface area contributed by atoms with Gasteiger partial charge in [0.1, 0.15) is 0 Å². The van der Waals surface area contributed by atoms with Gasteiger partial charge in [-0.25, -0.2) is 0 Å². The number of nitrogens with one attached hydrogen (secondary N) is 1. The molecule has 0 heterocycles. The Hall–Kier alpha value is -0.240. The second-order valence-corrected chi connectivity index (χ2v) is 5.11. The van der Waals surface area contributed by atoms with Crippen molar-refractivity contribution in [2.45, 2.75) is 50.9 Å². The highest BCUT2D eigenvalue weighted by Gasteiger charge is 2.31. The first kappa shape index (κ1) is 10.8. The number of halogens is 1. The van der Waals surface area contributed by atoms with Crippen molar-refractivity contribution >= 4 is 17.5 Å². The lowest BCUT2D eigenvalue weighted by molar-refractivity contribution is -0.129. The smallest absolute Gasteiger partial charge is 0.223 e. The Balaban J connectivity index is 2.42. The SMILES string of the molecule is CC(Cl)C(C)(C)NC(=O)C1CCC1. The summed E-state index contributed by atoms with van der Waals surface area (Å²) in [5.41, 5.74) is -0.297. The number of carbonyl (C=O) groups excluding carboxylic acids is 1. The summed E-state index contributed by atoms with van der Waals surface area (Å²) >= 11 is 5.96. The van der Waals surface area contributed by atoms with Gasteiger partial charge in [-0.3, -0.25) is 4.79 Å². The van der Waals surface area contributed by atoms with Crippen LogP contribution in [0.4, 0.5) is 0 Å². The van der Waals surface area contributed by atoms with E-state index in [0.717, 1.165) is 12.8 Å². The van der Waals surface area contributed by atoms with Crippen LogP contribution < -0.4 is 5.32 Å². The van der Waals surface area contributed by atoms with Crippen LogP contribution in [0.5, 0.6) is 0 Å². The second kappa shape index (κ2) is 3.87. The molecule has 1 aliphatic carbocycles. The summed E-state index contributed by atoms with van der Waals surface area (Å²) in [7, 11) is 0. The van der Waals surface area contributed by atoms with Gasteiger partial charge in [0.2, 0.25) is 5.91 Å². The number of amides is 1. The van der Waals surface area contributed by atoms with E-state index in [-0.39, 0.29) is 22.7 Å². The molecule has 0 saturated heterocycles. The monoisotopic (exact) mass is 203 g/mol. The van der Waals surface area contributed by atoms with Crippen LogP contribution in [0.1, 0.15) is 40.0 Å². The van der Waals surface area contributed by atoms with E-state index in [0.29, 0.717) is 0 Å². The second-order valence-electron chi connectivity index (χ2n) is 4.45. The van der Waals surface area contributed by atoms with Crippen LogP contribution in [0, 0.1) is 5.92 Å². The zero-order valence-electron chi connectivity index (χ0n) is 8.56. The molecule has 0 aliphatic heterocycles. The zero-order valence-corrected chi connectivity index (χ0v) is 9.32. The summed E-state index contributed by atoms with van der Waals surface area (Å²) in [4.78, 5) is 11.6. The highest BCUT2D eigenvalue weighted by Crippen LogP contribution is 2.27. The number of alkyl halides is 1. The molecule has 1 aliphatic rings. The maximum atomic E-state index is 11.6. The van der Waals surface area contributed by atoms with Crippen molar-refractivity contribution in [1.82, 2.24) is 5.32 Å². The van der Waals surface area contributed by atoms with E-state index in [1.165, 1.54) is 6.42 Å². The third kappa shape index (κ3) is 2.60. The molecule has 0 radical (unpaired) electrons. The van der Waals surface area contributed by atoms with Gasteiger partial charge in [-0.05, 0) is 33.6 Å². The van der Waals surface area contributed by atoms with Crippen LogP contribution in [0.25, 0.3) is 0 Å². The molecule has 76 valence electrons. The fraction of sp³-hybridized carbons (Fsp3) is 0.900. The highest BCUT2D eigenvalue weighted by atomic mass is 35.5. The molecule has 0 spiro atoms. The maximum Gasteiger partial charge on any atom is 0.223 e. The molecule has 2 nitrogen and oxygen atoms in total. The Kier molecular flexibility index (Phi) is 3.23. The van der Waals surface area contributed by atoms with Crippen LogP contribution in [0.15, 0.2) is 0 Å². The first-order chi connectivity index (χ1) is 5.93. The van der Waals surface area contributed by atoms with Gasteiger partial charge in [0.25, 0.3) is 0 Å². The first-order valence-corrected chi connectivity index (χ1v) is 5.33. The molecule has 0 aromatic carbocycles. The average molecular weight is 204 g/mol. The number of hydrogen-bond acceptors (Lipinski definition) is 1. The van der Waals surface area contributed by atoms with Crippen LogP contribution in [0.3, 0.4) is 0 Å². The number of rotatable bonds is 3. The molecule has 1 fully saturated rings. The molecular formula is C10H18ClNO. The highest BCUT2D eigenvalue weighted by molar-refractivity contribution is 6.21. The van der Waals surface area contributed by atoms with E-state index >= 15 is 0 Å². The quantitative estimate of drug-likeness (QED) is 0.701. The third-order valence-corrected chi connectivity index (χ3v) is 3.46. The van der Waals surface area contributed by atoms with Crippen LogP contribution in [0.2, 0.25) is 0 Å². The Morgan fingerprint density at radius 1 is 1.54 bits per heavy atom. The molecule has 1 rings (SSSR count). The Labute approximate surface area is 85.0 Å². The molecule has 3 heteroatoms. The Bertz CT molecular complexity index is 197. The lowest BCUT2D eigenvalue weighted by Gasteiger charge is -2.33. The van der Waals surface area contributed by atoms with Crippen molar-refractivity contribution in [2.24, 2.45) is 5.92 Å². The topological polar surface area (TPSA) is 29.1 Å². The minimum absolute atomic E-state index is 0.0449. The van der Waals surface area contributed by atoms with Gasteiger partial charge in [0.05, 0.1) is 10.9 Å². The molecule has 1 atom stereocenters. The van der Waals surface area contributed by atoms with E-state index in [4.69, 9.17) is 11.6 Å². The van der Waals surface area contributed by atoms with Crippen molar-refractivity contribution in [2.75, 3.05) is 0 Å². The van der Waals surface area contributed by atoms with Gasteiger partial charge in [-0.1, -0.05) is 6.42 Å². The minimum atomic E-state index is -0.297. The van der Waals surface area contributed by atoms with Gasteiger partial charge in [0, 0.05) is 5.92 Å². The van der Waals surface area contributed by atoms with E-state index in [1.54, 1.807) is 0 Å². The van der Waals surface area contributed by atoms with Crippen molar-refractivity contribution < 1.29 is 4.79 Å². The Morgan fingerprint density at radius 3 is 2.38 bits per heavy atom. The van der Waals surface area contributed by atoms with Gasteiger partial charge in [-0.2, -0.15) is 0 Å². The summed E-state index contributed by atoms with van der Waals surface area (Å²) in [6, 6.07) is 0. The van der Waals surface area contributed by atoms with Gasteiger partial charge >= 0.3 is 0 Å². The molecule has 1 unspecified atom stereocenters. The fourth-order valence-corrected chi connectivity index (χ4v) is 1.24. The Morgan fingerprint density at radius 2 is 2.08 bits per heavy atom. The predicted molar refractivity (Wildman–Crippen MR) is 54.9 cm³/mol. The van der Waals surface area contributed by atoms with E-state index in [9.17, 15) is 4.79 Å². The zero-order chi connectivity index (χ0) is 10.1. The van der Waals surface area contributed by atoms with Crippen molar-refractivity contribution in [3.63, 3.8) is 0 Å². The summed E-state index contributed by atoms with van der Waals surface area (Å²) in [6.07, 6.45) is 3.27. The number of carbonyl (C=O) groups is 1. The summed E-state index contributed by atoms with van der Waals surface area (Å²) in [5, 5.41) is 2.94. The molecule has 0 bridgehead atoms. The van der Waals surface area contributed by atoms with E-state index in [1.807, 2.05) is 20.8 Å². The molecule has 0 aromatic rings. The van der Waals surface area contributed by atoms with Gasteiger partial charge in [-0.15, -0.1) is 11.6 Å². The van der Waals surface area contributed by atoms with Crippen LogP contribution in [-0.2, 0) is 4.79 Å². The van der Waals surface area contributed by atoms with Crippen LogP contribution in [-0.4, -0.2) is 16.8 Å². The maximum absolute atomic E-state index is 11.6. The van der Waals surface area contributed by atoms with E-state index < -0.39 is 0 Å². The molecule has 0 aromatic heterocycles. The summed E-state index contributed by atoms with van der Waals surface area (Å²) in [6.45, 7) is 5.82. The van der Waals surface area contributed by atoms with Crippen LogP contribution >= 0.6 is 11.6 Å². The number of hydrogen-bond donors (Lipinski definition) is 1. The van der Waals surface area contributed by atoms with Gasteiger partial charge < -0.3 is 5.32 Å². The standard InChI is InChI=1S/C10H18ClNO/c1-7(11)10(2,3)12-9(13)8-5-4-6-8/h7-8H,4-6H2,1-3H3,(H,12,13). The molecule has 1 amide bonds. The van der Waals surface area contributed by atoms with Crippen molar-refractivity contribution in [1.29, 1.82) is 0 Å². The van der Waals surface area contributed by atoms with Gasteiger partial charge in [0.15, 0.2) is 0 Å². The normalized spacial score (nSPS) is 20.6. The largest absolute Gasteiger partial charge is 0.350 e. The lowest BCUT2D eigenvalue weighted by atomic mass is 9.84.